The minimum atomic E-state index is -2.93. The summed E-state index contributed by atoms with van der Waals surface area (Å²) in [6, 6.07) is 4.66. The molecule has 0 aliphatic carbocycles. The van der Waals surface area contributed by atoms with Crippen LogP contribution in [-0.2, 0) is 16.3 Å². The van der Waals surface area contributed by atoms with Crippen molar-refractivity contribution in [3.63, 3.8) is 0 Å². The molecule has 1 fully saturated rings. The van der Waals surface area contributed by atoms with E-state index in [-0.39, 0.29) is 29.2 Å². The summed E-state index contributed by atoms with van der Waals surface area (Å²) >= 11 is 6.09. The van der Waals surface area contributed by atoms with E-state index < -0.39 is 9.84 Å². The van der Waals surface area contributed by atoms with Crippen LogP contribution in [0.1, 0.15) is 18.9 Å². The van der Waals surface area contributed by atoms with Crippen molar-refractivity contribution in [2.75, 3.05) is 24.6 Å². The number of sulfone groups is 1. The van der Waals surface area contributed by atoms with Gasteiger partial charge in [0, 0.05) is 10.6 Å². The molecular weight excluding hydrogens is 313 g/mol. The van der Waals surface area contributed by atoms with E-state index in [9.17, 15) is 12.8 Å². The van der Waals surface area contributed by atoms with E-state index in [0.29, 0.717) is 30.0 Å². The third-order valence-electron chi connectivity index (χ3n) is 4.12. The normalized spacial score (nSPS) is 22.3. The van der Waals surface area contributed by atoms with Crippen LogP contribution in [0.5, 0.6) is 0 Å². The maximum absolute atomic E-state index is 13.9. The van der Waals surface area contributed by atoms with E-state index >= 15 is 0 Å². The quantitative estimate of drug-likeness (QED) is 0.870. The van der Waals surface area contributed by atoms with Crippen molar-refractivity contribution in [2.24, 2.45) is 11.8 Å². The van der Waals surface area contributed by atoms with Gasteiger partial charge in [-0.2, -0.15) is 0 Å². The Morgan fingerprint density at radius 1 is 1.48 bits per heavy atom. The Balaban J connectivity index is 2.17. The molecule has 0 aromatic heterocycles. The maximum atomic E-state index is 13.9. The monoisotopic (exact) mass is 333 g/mol. The fourth-order valence-electron chi connectivity index (χ4n) is 2.92. The average molecular weight is 334 g/mol. The van der Waals surface area contributed by atoms with Crippen molar-refractivity contribution in [1.82, 2.24) is 5.32 Å². The van der Waals surface area contributed by atoms with Crippen molar-refractivity contribution in [1.29, 1.82) is 0 Å². The van der Waals surface area contributed by atoms with Crippen molar-refractivity contribution >= 4 is 21.4 Å². The first-order chi connectivity index (χ1) is 9.93. The highest BCUT2D eigenvalue weighted by Crippen LogP contribution is 2.31. The molecule has 1 aliphatic heterocycles. The average Bonchev–Trinajstić information content (AvgIpc) is 2.78. The Labute approximate surface area is 130 Å². The molecule has 2 unspecified atom stereocenters. The molecule has 0 amide bonds. The molecule has 2 atom stereocenters. The lowest BCUT2D eigenvalue weighted by atomic mass is 9.86. The van der Waals surface area contributed by atoms with E-state index in [2.05, 4.69) is 5.32 Å². The van der Waals surface area contributed by atoms with E-state index in [0.717, 1.165) is 6.54 Å². The molecule has 1 N–H and O–H groups in total. The third-order valence-corrected chi connectivity index (χ3v) is 6.27. The summed E-state index contributed by atoms with van der Waals surface area (Å²) in [5.74, 6) is 0.284. The first-order valence-electron chi connectivity index (χ1n) is 7.27. The molecule has 0 spiro atoms. The van der Waals surface area contributed by atoms with Gasteiger partial charge in [-0.05, 0) is 49.9 Å². The molecule has 6 heteroatoms. The highest BCUT2D eigenvalue weighted by Gasteiger charge is 2.34. The summed E-state index contributed by atoms with van der Waals surface area (Å²) in [4.78, 5) is 0. The standard InChI is InChI=1S/C15H21ClFNO2S/c1-2-18-9-12(11-6-7-21(19,20)10-11)8-13-14(16)4-3-5-15(13)17/h3-5,11-12,18H,2,6-10H2,1H3. The zero-order valence-corrected chi connectivity index (χ0v) is 13.7. The smallest absolute Gasteiger partial charge is 0.150 e. The van der Waals surface area contributed by atoms with Gasteiger partial charge < -0.3 is 5.32 Å². The minimum Gasteiger partial charge on any atom is -0.317 e. The highest BCUT2D eigenvalue weighted by atomic mass is 35.5. The topological polar surface area (TPSA) is 46.2 Å². The molecule has 21 heavy (non-hydrogen) atoms. The van der Waals surface area contributed by atoms with Gasteiger partial charge in [-0.15, -0.1) is 0 Å². The molecule has 1 aromatic carbocycles. The Morgan fingerprint density at radius 2 is 2.24 bits per heavy atom. The van der Waals surface area contributed by atoms with Crippen LogP contribution in [0.4, 0.5) is 4.39 Å². The number of halogens is 2. The minimum absolute atomic E-state index is 0.0738. The number of hydrogen-bond acceptors (Lipinski definition) is 3. The summed E-state index contributed by atoms with van der Waals surface area (Å²) in [6.45, 7) is 3.49. The van der Waals surface area contributed by atoms with Crippen LogP contribution in [0.25, 0.3) is 0 Å². The number of rotatable bonds is 6. The fraction of sp³-hybridized carbons (Fsp3) is 0.600. The molecule has 3 nitrogen and oxygen atoms in total. The molecule has 1 aliphatic rings. The largest absolute Gasteiger partial charge is 0.317 e. The van der Waals surface area contributed by atoms with Crippen molar-refractivity contribution in [3.05, 3.63) is 34.6 Å². The number of benzene rings is 1. The lowest BCUT2D eigenvalue weighted by Crippen LogP contribution is -2.31. The molecule has 2 rings (SSSR count). The number of nitrogens with one attached hydrogen (secondary N) is 1. The lowest BCUT2D eigenvalue weighted by molar-refractivity contribution is 0.342. The summed E-state index contributed by atoms with van der Waals surface area (Å²) in [5.41, 5.74) is 0.492. The van der Waals surface area contributed by atoms with Gasteiger partial charge in [0.25, 0.3) is 0 Å². The van der Waals surface area contributed by atoms with Crippen LogP contribution in [0.15, 0.2) is 18.2 Å². The first-order valence-corrected chi connectivity index (χ1v) is 9.47. The number of hydrogen-bond donors (Lipinski definition) is 1. The van der Waals surface area contributed by atoms with E-state index in [1.165, 1.54) is 6.07 Å². The van der Waals surface area contributed by atoms with Gasteiger partial charge in [0.2, 0.25) is 0 Å². The maximum Gasteiger partial charge on any atom is 0.150 e. The Bertz CT molecular complexity index is 571. The first kappa shape index (κ1) is 16.7. The molecule has 118 valence electrons. The second kappa shape index (κ2) is 7.07. The Morgan fingerprint density at radius 3 is 2.81 bits per heavy atom. The second-order valence-corrected chi connectivity index (χ2v) is 8.27. The predicted molar refractivity (Wildman–Crippen MR) is 83.9 cm³/mol. The molecule has 1 aromatic rings. The van der Waals surface area contributed by atoms with Crippen LogP contribution < -0.4 is 5.32 Å². The van der Waals surface area contributed by atoms with Gasteiger partial charge in [0.15, 0.2) is 9.84 Å². The van der Waals surface area contributed by atoms with Gasteiger partial charge in [0.05, 0.1) is 11.5 Å². The molecule has 1 saturated heterocycles. The highest BCUT2D eigenvalue weighted by molar-refractivity contribution is 7.91. The van der Waals surface area contributed by atoms with Gasteiger partial charge in [-0.25, -0.2) is 12.8 Å². The van der Waals surface area contributed by atoms with Crippen LogP contribution in [0, 0.1) is 17.7 Å². The van der Waals surface area contributed by atoms with Crippen LogP contribution in [-0.4, -0.2) is 33.0 Å². The van der Waals surface area contributed by atoms with Gasteiger partial charge in [-0.3, -0.25) is 0 Å². The predicted octanol–water partition coefficient (Wildman–Crippen LogP) is 2.68. The van der Waals surface area contributed by atoms with Crippen molar-refractivity contribution in [2.45, 2.75) is 19.8 Å². The summed E-state index contributed by atoms with van der Waals surface area (Å²) in [6.07, 6.45) is 1.13. The van der Waals surface area contributed by atoms with E-state index in [1.54, 1.807) is 12.1 Å². The van der Waals surface area contributed by atoms with Gasteiger partial charge in [-0.1, -0.05) is 24.6 Å². The Kier molecular flexibility index (Phi) is 5.63. The van der Waals surface area contributed by atoms with E-state index in [1.807, 2.05) is 6.92 Å². The molecular formula is C15H21ClFNO2S. The zero-order valence-electron chi connectivity index (χ0n) is 12.1. The Hall–Kier alpha value is -0.650. The van der Waals surface area contributed by atoms with Gasteiger partial charge >= 0.3 is 0 Å². The van der Waals surface area contributed by atoms with Crippen molar-refractivity contribution < 1.29 is 12.8 Å². The zero-order chi connectivity index (χ0) is 15.5. The lowest BCUT2D eigenvalue weighted by Gasteiger charge is -2.23. The van der Waals surface area contributed by atoms with Crippen LogP contribution >= 0.6 is 11.6 Å². The summed E-state index contributed by atoms with van der Waals surface area (Å²) in [5, 5.41) is 3.67. The van der Waals surface area contributed by atoms with Gasteiger partial charge in [0.1, 0.15) is 5.82 Å². The molecule has 1 heterocycles. The van der Waals surface area contributed by atoms with Crippen LogP contribution in [0.3, 0.4) is 0 Å². The summed E-state index contributed by atoms with van der Waals surface area (Å²) < 4.78 is 37.3. The summed E-state index contributed by atoms with van der Waals surface area (Å²) in [7, 11) is -2.93. The van der Waals surface area contributed by atoms with Crippen LogP contribution in [0.2, 0.25) is 5.02 Å². The molecule has 0 bridgehead atoms. The fourth-order valence-corrected chi connectivity index (χ4v) is 5.08. The van der Waals surface area contributed by atoms with Crippen molar-refractivity contribution in [3.8, 4) is 0 Å². The van der Waals surface area contributed by atoms with E-state index in [4.69, 9.17) is 11.6 Å². The second-order valence-electron chi connectivity index (χ2n) is 5.64. The molecule has 0 saturated carbocycles. The SMILES string of the molecule is CCNCC(Cc1c(F)cccc1Cl)C1CCS(=O)(=O)C1. The third kappa shape index (κ3) is 4.41. The molecule has 0 radical (unpaired) electrons.